The van der Waals surface area contributed by atoms with Gasteiger partial charge in [0.05, 0.1) is 12.8 Å². The number of esters is 1. The van der Waals surface area contributed by atoms with E-state index >= 15 is 0 Å². The monoisotopic (exact) mass is 532 g/mol. The maximum Gasteiger partial charge on any atom is 0.333 e. The summed E-state index contributed by atoms with van der Waals surface area (Å²) in [6.07, 6.45) is 15.7. The summed E-state index contributed by atoms with van der Waals surface area (Å²) in [6.45, 7) is 4.34. The van der Waals surface area contributed by atoms with E-state index in [1.54, 1.807) is 24.3 Å². The van der Waals surface area contributed by atoms with E-state index in [0.29, 0.717) is 29.7 Å². The van der Waals surface area contributed by atoms with Gasteiger partial charge in [-0.2, -0.15) is 0 Å². The molecule has 0 aromatic heterocycles. The minimum atomic E-state index is -0.979. The van der Waals surface area contributed by atoms with Gasteiger partial charge in [-0.1, -0.05) is 60.8 Å². The van der Waals surface area contributed by atoms with Gasteiger partial charge in [0.1, 0.15) is 5.60 Å². The molecule has 0 heterocycles. The number of aliphatic hydroxyl groups is 1. The lowest BCUT2D eigenvalue weighted by molar-refractivity contribution is -0.145. The molecule has 4 unspecified atom stereocenters. The molecule has 4 aliphatic carbocycles. The van der Waals surface area contributed by atoms with E-state index in [-0.39, 0.29) is 17.4 Å². The van der Waals surface area contributed by atoms with Crippen LogP contribution in [-0.2, 0) is 19.2 Å². The van der Waals surface area contributed by atoms with Gasteiger partial charge in [-0.25, -0.2) is 4.79 Å². The van der Waals surface area contributed by atoms with Crippen LogP contribution in [0.4, 0.5) is 0 Å². The lowest BCUT2D eigenvalue weighted by Crippen LogP contribution is -2.54. The average Bonchev–Trinajstić information content (AvgIpc) is 3.22. The Morgan fingerprint density at radius 1 is 1.13 bits per heavy atom. The SMILES string of the molecule is C#C[C@@]1(O)CCC2C3CCC4=CC(=NOCC(=O)NC(C(=O)OC)c5ccccc5)CC[C@]4(C)C3CC[C@@]21C. The van der Waals surface area contributed by atoms with E-state index < -0.39 is 23.5 Å². The molecule has 39 heavy (non-hydrogen) atoms. The number of carbonyl (C=O) groups is 2. The van der Waals surface area contributed by atoms with E-state index in [1.165, 1.54) is 12.7 Å². The molecule has 0 radical (unpaired) electrons. The molecule has 3 saturated carbocycles. The molecule has 0 bridgehead atoms. The number of methoxy groups -OCH3 is 1. The van der Waals surface area contributed by atoms with E-state index in [2.05, 4.69) is 36.3 Å². The van der Waals surface area contributed by atoms with Crippen molar-refractivity contribution in [1.29, 1.82) is 0 Å². The molecule has 1 aromatic carbocycles. The lowest BCUT2D eigenvalue weighted by Gasteiger charge is -2.58. The zero-order valence-electron chi connectivity index (χ0n) is 23.2. The highest BCUT2D eigenvalue weighted by atomic mass is 16.6. The second kappa shape index (κ2) is 10.5. The van der Waals surface area contributed by atoms with Gasteiger partial charge in [-0.3, -0.25) is 4.79 Å². The van der Waals surface area contributed by atoms with Gasteiger partial charge in [0.25, 0.3) is 5.91 Å². The minimum Gasteiger partial charge on any atom is -0.467 e. The summed E-state index contributed by atoms with van der Waals surface area (Å²) >= 11 is 0. The van der Waals surface area contributed by atoms with Gasteiger partial charge in [0, 0.05) is 5.41 Å². The highest BCUT2D eigenvalue weighted by Gasteiger charge is 2.63. The smallest absolute Gasteiger partial charge is 0.333 e. The van der Waals surface area contributed by atoms with Crippen molar-refractivity contribution < 1.29 is 24.3 Å². The predicted molar refractivity (Wildman–Crippen MR) is 148 cm³/mol. The number of nitrogens with one attached hydrogen (secondary N) is 1. The first-order valence-corrected chi connectivity index (χ1v) is 14.2. The fourth-order valence-corrected chi connectivity index (χ4v) is 8.31. The number of fused-ring (bicyclic) bond motifs is 5. The number of terminal acetylenes is 1. The van der Waals surface area contributed by atoms with Gasteiger partial charge in [-0.15, -0.1) is 6.42 Å². The molecule has 0 aliphatic heterocycles. The average molecular weight is 533 g/mol. The summed E-state index contributed by atoms with van der Waals surface area (Å²) in [7, 11) is 1.29. The number of carbonyl (C=O) groups excluding carboxylic acids is 2. The molecule has 1 amide bonds. The fourth-order valence-electron chi connectivity index (χ4n) is 8.31. The Kier molecular flexibility index (Phi) is 7.37. The van der Waals surface area contributed by atoms with Crippen LogP contribution in [0, 0.1) is 40.9 Å². The second-order valence-corrected chi connectivity index (χ2v) is 12.3. The number of hydrogen-bond acceptors (Lipinski definition) is 6. The number of ether oxygens (including phenoxy) is 1. The van der Waals surface area contributed by atoms with Crippen molar-refractivity contribution in [2.24, 2.45) is 33.7 Å². The third kappa shape index (κ3) is 4.67. The summed E-state index contributed by atoms with van der Waals surface area (Å²) in [5, 5.41) is 18.2. The van der Waals surface area contributed by atoms with Crippen LogP contribution < -0.4 is 5.32 Å². The largest absolute Gasteiger partial charge is 0.467 e. The Morgan fingerprint density at radius 3 is 2.59 bits per heavy atom. The third-order valence-electron chi connectivity index (χ3n) is 10.6. The van der Waals surface area contributed by atoms with Crippen LogP contribution >= 0.6 is 0 Å². The van der Waals surface area contributed by atoms with Crippen LogP contribution in [0.3, 0.4) is 0 Å². The third-order valence-corrected chi connectivity index (χ3v) is 10.6. The first kappa shape index (κ1) is 27.5. The predicted octanol–water partition coefficient (Wildman–Crippen LogP) is 4.72. The number of hydrogen-bond donors (Lipinski definition) is 2. The van der Waals surface area contributed by atoms with E-state index in [4.69, 9.17) is 16.0 Å². The summed E-state index contributed by atoms with van der Waals surface area (Å²) < 4.78 is 4.86. The standard InChI is InChI=1S/C32H40N2O5/c1-5-32(37)18-15-26-24-12-11-22-19-23(13-16-30(22,2)25(24)14-17-31(26,32)3)34-39-20-27(35)33-28(29(36)38-4)21-9-7-6-8-10-21/h1,6-10,19,24-26,28,37H,11-18,20H2,2-4H3,(H,33,35)/t24?,25?,26?,28?,30-,31-,32+/m0/s1. The van der Waals surface area contributed by atoms with Crippen molar-refractivity contribution >= 4 is 17.6 Å². The first-order valence-electron chi connectivity index (χ1n) is 14.2. The van der Waals surface area contributed by atoms with Gasteiger partial charge < -0.3 is 20.0 Å². The molecule has 3 fully saturated rings. The van der Waals surface area contributed by atoms with Crippen LogP contribution in [0.2, 0.25) is 0 Å². The highest BCUT2D eigenvalue weighted by molar-refractivity contribution is 5.96. The minimum absolute atomic E-state index is 0.112. The molecule has 208 valence electrons. The molecule has 5 rings (SSSR count). The topological polar surface area (TPSA) is 97.2 Å². The molecule has 7 atom stereocenters. The Bertz CT molecular complexity index is 1220. The zero-order valence-corrected chi connectivity index (χ0v) is 23.2. The second-order valence-electron chi connectivity index (χ2n) is 12.3. The van der Waals surface area contributed by atoms with Crippen molar-refractivity contribution in [1.82, 2.24) is 5.32 Å². The van der Waals surface area contributed by atoms with Crippen molar-refractivity contribution in [3.05, 3.63) is 47.5 Å². The van der Waals surface area contributed by atoms with Gasteiger partial charge in [0.15, 0.2) is 12.6 Å². The maximum atomic E-state index is 12.6. The molecular weight excluding hydrogens is 492 g/mol. The molecule has 4 aliphatic rings. The number of nitrogens with zero attached hydrogens (tertiary/aromatic N) is 1. The molecule has 7 heteroatoms. The zero-order chi connectivity index (χ0) is 27.8. The van der Waals surface area contributed by atoms with Gasteiger partial charge in [-0.05, 0) is 86.2 Å². The molecule has 7 nitrogen and oxygen atoms in total. The molecule has 1 aromatic rings. The quantitative estimate of drug-likeness (QED) is 0.314. The number of benzene rings is 1. The summed E-state index contributed by atoms with van der Waals surface area (Å²) in [4.78, 5) is 30.2. The molecule has 0 spiro atoms. The molecular formula is C32H40N2O5. The van der Waals surface area contributed by atoms with Crippen LogP contribution in [0.5, 0.6) is 0 Å². The summed E-state index contributed by atoms with van der Waals surface area (Å²) in [6, 6.07) is 8.06. The number of oxime groups is 1. The van der Waals surface area contributed by atoms with Crippen molar-refractivity contribution in [3.8, 4) is 12.3 Å². The first-order chi connectivity index (χ1) is 18.6. The van der Waals surface area contributed by atoms with Gasteiger partial charge in [0.2, 0.25) is 0 Å². The summed E-state index contributed by atoms with van der Waals surface area (Å²) in [5.74, 6) is 3.41. The highest BCUT2D eigenvalue weighted by Crippen LogP contribution is 2.67. The maximum absolute atomic E-state index is 12.6. The van der Waals surface area contributed by atoms with E-state index in [9.17, 15) is 14.7 Å². The van der Waals surface area contributed by atoms with Crippen molar-refractivity contribution in [3.63, 3.8) is 0 Å². The number of allylic oxidation sites excluding steroid dienone is 2. The van der Waals surface area contributed by atoms with Crippen molar-refractivity contribution in [2.45, 2.75) is 76.9 Å². The number of amides is 1. The lowest BCUT2D eigenvalue weighted by atomic mass is 9.46. The Hall–Kier alpha value is -3.11. The molecule has 0 saturated heterocycles. The van der Waals surface area contributed by atoms with Crippen LogP contribution in [0.25, 0.3) is 0 Å². The Balaban J connectivity index is 1.22. The fraction of sp³-hybridized carbons (Fsp3) is 0.594. The Morgan fingerprint density at radius 2 is 1.87 bits per heavy atom. The summed E-state index contributed by atoms with van der Waals surface area (Å²) in [5.41, 5.74) is 1.86. The van der Waals surface area contributed by atoms with E-state index in [0.717, 1.165) is 50.7 Å². The van der Waals surface area contributed by atoms with Crippen molar-refractivity contribution in [2.75, 3.05) is 13.7 Å². The van der Waals surface area contributed by atoms with Crippen LogP contribution in [0.1, 0.15) is 76.8 Å². The Labute approximate surface area is 231 Å². The molecule has 2 N–H and O–H groups in total. The number of rotatable bonds is 6. The van der Waals surface area contributed by atoms with E-state index in [1.807, 2.05) is 6.07 Å². The van der Waals surface area contributed by atoms with Crippen LogP contribution in [0.15, 0.2) is 47.1 Å². The normalized spacial score (nSPS) is 36.8. The van der Waals surface area contributed by atoms with Gasteiger partial charge >= 0.3 is 5.97 Å². The van der Waals surface area contributed by atoms with Crippen LogP contribution in [-0.4, -0.2) is 42.0 Å².